The number of unbranched alkanes of at least 4 members (excludes halogenated alkanes) is 2. The molecule has 0 fully saturated rings. The number of carbonyl (C=O) groups excluding carboxylic acids is 1. The van der Waals surface area contributed by atoms with Crippen LogP contribution in [0.3, 0.4) is 0 Å². The van der Waals surface area contributed by atoms with Gasteiger partial charge in [-0.3, -0.25) is 4.79 Å². The van der Waals surface area contributed by atoms with Crippen LogP contribution in [0.4, 0.5) is 11.5 Å². The summed E-state index contributed by atoms with van der Waals surface area (Å²) in [6.07, 6.45) is 6.15. The van der Waals surface area contributed by atoms with Gasteiger partial charge in [-0.25, -0.2) is 4.98 Å². The standard InChI is InChI=1S/C19H25N3O/c1-3-5-6-12-20-18-14-16(11-13-21-18)19(23)22-17-9-7-15(4-2)8-10-17/h7-11,13-14H,3-6,12H2,1-2H3,(H,20,21)(H,22,23). The zero-order valence-corrected chi connectivity index (χ0v) is 13.9. The van der Waals surface area contributed by atoms with Crippen LogP contribution < -0.4 is 10.6 Å². The first-order valence-electron chi connectivity index (χ1n) is 8.33. The summed E-state index contributed by atoms with van der Waals surface area (Å²) in [5, 5.41) is 6.18. The minimum atomic E-state index is -0.117. The molecule has 0 aliphatic carbocycles. The minimum absolute atomic E-state index is 0.117. The fourth-order valence-electron chi connectivity index (χ4n) is 2.29. The number of carbonyl (C=O) groups is 1. The van der Waals surface area contributed by atoms with Crippen molar-refractivity contribution in [2.45, 2.75) is 39.5 Å². The predicted octanol–water partition coefficient (Wildman–Crippen LogP) is 4.50. The van der Waals surface area contributed by atoms with Gasteiger partial charge in [-0.2, -0.15) is 0 Å². The molecule has 0 saturated heterocycles. The number of hydrogen-bond donors (Lipinski definition) is 2. The Morgan fingerprint density at radius 2 is 1.87 bits per heavy atom. The summed E-state index contributed by atoms with van der Waals surface area (Å²) in [6, 6.07) is 11.4. The lowest BCUT2D eigenvalue weighted by Crippen LogP contribution is -2.13. The van der Waals surface area contributed by atoms with Gasteiger partial charge in [-0.15, -0.1) is 0 Å². The molecule has 4 heteroatoms. The van der Waals surface area contributed by atoms with Crippen molar-refractivity contribution < 1.29 is 4.79 Å². The molecule has 0 bridgehead atoms. The van der Waals surface area contributed by atoms with Crippen LogP contribution in [0, 0.1) is 0 Å². The molecule has 1 heterocycles. The van der Waals surface area contributed by atoms with Crippen molar-refractivity contribution in [3.8, 4) is 0 Å². The Balaban J connectivity index is 1.95. The molecule has 0 unspecified atom stereocenters. The Morgan fingerprint density at radius 1 is 1.09 bits per heavy atom. The highest BCUT2D eigenvalue weighted by Gasteiger charge is 2.07. The summed E-state index contributed by atoms with van der Waals surface area (Å²) in [6.45, 7) is 5.17. The van der Waals surface area contributed by atoms with Gasteiger partial charge < -0.3 is 10.6 Å². The fourth-order valence-corrected chi connectivity index (χ4v) is 2.29. The number of anilines is 2. The highest BCUT2D eigenvalue weighted by atomic mass is 16.1. The van der Waals surface area contributed by atoms with Gasteiger partial charge in [0, 0.05) is 24.0 Å². The number of amides is 1. The zero-order chi connectivity index (χ0) is 16.5. The van der Waals surface area contributed by atoms with Crippen LogP contribution in [0.25, 0.3) is 0 Å². The third-order valence-electron chi connectivity index (χ3n) is 3.73. The lowest BCUT2D eigenvalue weighted by atomic mass is 10.1. The summed E-state index contributed by atoms with van der Waals surface area (Å²) in [4.78, 5) is 16.6. The first kappa shape index (κ1) is 17.0. The molecule has 122 valence electrons. The van der Waals surface area contributed by atoms with Crippen LogP contribution in [0.2, 0.25) is 0 Å². The first-order chi connectivity index (χ1) is 11.2. The second-order valence-corrected chi connectivity index (χ2v) is 5.57. The fraction of sp³-hybridized carbons (Fsp3) is 0.368. The molecule has 23 heavy (non-hydrogen) atoms. The monoisotopic (exact) mass is 311 g/mol. The van der Waals surface area contributed by atoms with Crippen molar-refractivity contribution in [1.82, 2.24) is 4.98 Å². The summed E-state index contributed by atoms with van der Waals surface area (Å²) in [5.41, 5.74) is 2.67. The molecule has 2 rings (SSSR count). The molecule has 4 nitrogen and oxygen atoms in total. The van der Waals surface area contributed by atoms with Gasteiger partial charge in [0.05, 0.1) is 0 Å². The van der Waals surface area contributed by atoms with E-state index < -0.39 is 0 Å². The lowest BCUT2D eigenvalue weighted by Gasteiger charge is -2.08. The SMILES string of the molecule is CCCCCNc1cc(C(=O)Nc2ccc(CC)cc2)ccn1. The smallest absolute Gasteiger partial charge is 0.255 e. The van der Waals surface area contributed by atoms with E-state index >= 15 is 0 Å². The van der Waals surface area contributed by atoms with Gasteiger partial charge >= 0.3 is 0 Å². The van der Waals surface area contributed by atoms with Crippen molar-refractivity contribution in [1.29, 1.82) is 0 Å². The molecule has 0 aliphatic heterocycles. The molecule has 0 spiro atoms. The number of nitrogens with zero attached hydrogens (tertiary/aromatic N) is 1. The van der Waals surface area contributed by atoms with E-state index in [9.17, 15) is 4.79 Å². The zero-order valence-electron chi connectivity index (χ0n) is 13.9. The molecule has 1 aromatic carbocycles. The second kappa shape index (κ2) is 8.93. The van der Waals surface area contributed by atoms with Gasteiger partial charge in [0.2, 0.25) is 0 Å². The third-order valence-corrected chi connectivity index (χ3v) is 3.73. The van der Waals surface area contributed by atoms with Crippen molar-refractivity contribution in [3.63, 3.8) is 0 Å². The van der Waals surface area contributed by atoms with Gasteiger partial charge in [0.1, 0.15) is 5.82 Å². The maximum absolute atomic E-state index is 12.3. The summed E-state index contributed by atoms with van der Waals surface area (Å²) in [5.74, 6) is 0.628. The normalized spacial score (nSPS) is 10.3. The summed E-state index contributed by atoms with van der Waals surface area (Å²) < 4.78 is 0. The van der Waals surface area contributed by atoms with Crippen LogP contribution in [-0.4, -0.2) is 17.4 Å². The molecule has 1 aromatic heterocycles. The Labute approximate surface area is 138 Å². The van der Waals surface area contributed by atoms with Crippen LogP contribution >= 0.6 is 0 Å². The summed E-state index contributed by atoms with van der Waals surface area (Å²) >= 11 is 0. The second-order valence-electron chi connectivity index (χ2n) is 5.57. The van der Waals surface area contributed by atoms with Crippen molar-refractivity contribution in [2.75, 3.05) is 17.2 Å². The highest BCUT2D eigenvalue weighted by molar-refractivity contribution is 6.04. The average Bonchev–Trinajstić information content (AvgIpc) is 2.60. The van der Waals surface area contributed by atoms with E-state index in [2.05, 4.69) is 29.5 Å². The van der Waals surface area contributed by atoms with Gasteiger partial charge in [-0.05, 0) is 42.7 Å². The van der Waals surface area contributed by atoms with E-state index in [1.54, 1.807) is 18.3 Å². The van der Waals surface area contributed by atoms with Gasteiger partial charge in [0.15, 0.2) is 0 Å². The maximum atomic E-state index is 12.3. The Morgan fingerprint density at radius 3 is 2.57 bits per heavy atom. The van der Waals surface area contributed by atoms with Gasteiger partial charge in [0.25, 0.3) is 5.91 Å². The van der Waals surface area contributed by atoms with Crippen molar-refractivity contribution in [2.24, 2.45) is 0 Å². The number of pyridine rings is 1. The van der Waals surface area contributed by atoms with E-state index in [4.69, 9.17) is 0 Å². The van der Waals surface area contributed by atoms with E-state index in [0.717, 1.165) is 30.9 Å². The molecular weight excluding hydrogens is 286 g/mol. The number of nitrogens with one attached hydrogen (secondary N) is 2. The number of aromatic nitrogens is 1. The van der Waals surface area contributed by atoms with E-state index in [-0.39, 0.29) is 5.91 Å². The van der Waals surface area contributed by atoms with E-state index in [0.29, 0.717) is 5.56 Å². The molecular formula is C19H25N3O. The largest absolute Gasteiger partial charge is 0.370 e. The highest BCUT2D eigenvalue weighted by Crippen LogP contribution is 2.13. The molecule has 0 atom stereocenters. The topological polar surface area (TPSA) is 54.0 Å². The van der Waals surface area contributed by atoms with Crippen LogP contribution in [-0.2, 0) is 6.42 Å². The minimum Gasteiger partial charge on any atom is -0.370 e. The average molecular weight is 311 g/mol. The molecule has 0 radical (unpaired) electrons. The lowest BCUT2D eigenvalue weighted by molar-refractivity contribution is 0.102. The summed E-state index contributed by atoms with van der Waals surface area (Å²) in [7, 11) is 0. The number of benzene rings is 1. The van der Waals surface area contributed by atoms with E-state index in [1.165, 1.54) is 18.4 Å². The number of hydrogen-bond acceptors (Lipinski definition) is 3. The Bertz CT molecular complexity index is 623. The number of aryl methyl sites for hydroxylation is 1. The molecule has 0 saturated carbocycles. The Hall–Kier alpha value is -2.36. The third kappa shape index (κ3) is 5.40. The number of rotatable bonds is 8. The van der Waals surface area contributed by atoms with Crippen LogP contribution in [0.15, 0.2) is 42.6 Å². The van der Waals surface area contributed by atoms with Crippen molar-refractivity contribution in [3.05, 3.63) is 53.7 Å². The molecule has 2 aromatic rings. The molecule has 1 amide bonds. The van der Waals surface area contributed by atoms with Gasteiger partial charge in [-0.1, -0.05) is 38.8 Å². The molecule has 2 N–H and O–H groups in total. The van der Waals surface area contributed by atoms with Crippen molar-refractivity contribution >= 4 is 17.4 Å². The van der Waals surface area contributed by atoms with Crippen LogP contribution in [0.5, 0.6) is 0 Å². The molecule has 0 aliphatic rings. The van der Waals surface area contributed by atoms with E-state index in [1.807, 2.05) is 24.3 Å². The quantitative estimate of drug-likeness (QED) is 0.706. The first-order valence-corrected chi connectivity index (χ1v) is 8.33. The Kier molecular flexibility index (Phi) is 6.60. The van der Waals surface area contributed by atoms with Crippen LogP contribution in [0.1, 0.15) is 49.0 Å². The maximum Gasteiger partial charge on any atom is 0.255 e. The predicted molar refractivity (Wildman–Crippen MR) is 96.0 cm³/mol.